The lowest BCUT2D eigenvalue weighted by Crippen LogP contribution is -2.34. The van der Waals surface area contributed by atoms with Crippen molar-refractivity contribution in [3.05, 3.63) is 28.2 Å². The minimum atomic E-state index is -0.0373. The molecule has 1 aliphatic carbocycles. The third-order valence-electron chi connectivity index (χ3n) is 3.87. The van der Waals surface area contributed by atoms with Crippen LogP contribution in [0.1, 0.15) is 31.2 Å². The van der Waals surface area contributed by atoms with E-state index < -0.39 is 0 Å². The Morgan fingerprint density at radius 2 is 2.17 bits per heavy atom. The fourth-order valence-electron chi connectivity index (χ4n) is 2.24. The highest BCUT2D eigenvalue weighted by Gasteiger charge is 2.16. The summed E-state index contributed by atoms with van der Waals surface area (Å²) in [5, 5.41) is 5.89. The first-order chi connectivity index (χ1) is 10.5. The predicted molar refractivity (Wildman–Crippen MR) is 109 cm³/mol. The van der Waals surface area contributed by atoms with Gasteiger partial charge in [0.2, 0.25) is 5.91 Å². The summed E-state index contributed by atoms with van der Waals surface area (Å²) in [4.78, 5) is 16.2. The van der Waals surface area contributed by atoms with Gasteiger partial charge in [0, 0.05) is 29.7 Å². The quantitative estimate of drug-likeness (QED) is 0.322. The van der Waals surface area contributed by atoms with Crippen molar-refractivity contribution in [2.45, 2.75) is 32.6 Å². The first-order valence-electron chi connectivity index (χ1n) is 7.64. The minimum absolute atomic E-state index is 0. The van der Waals surface area contributed by atoms with Gasteiger partial charge in [-0.3, -0.25) is 9.79 Å². The number of anilines is 1. The molecule has 0 unspecified atom stereocenters. The van der Waals surface area contributed by atoms with E-state index in [4.69, 9.17) is 5.73 Å². The molecule has 0 spiro atoms. The molecule has 2 rings (SSSR count). The smallest absolute Gasteiger partial charge is 0.226 e. The highest BCUT2D eigenvalue weighted by atomic mass is 127. The molecule has 0 atom stereocenters. The molecule has 4 N–H and O–H groups in total. The molecule has 0 aromatic heterocycles. The molecule has 0 aliphatic heterocycles. The number of aryl methyl sites for hydroxylation is 1. The van der Waals surface area contributed by atoms with Crippen LogP contribution in [-0.2, 0) is 4.79 Å². The van der Waals surface area contributed by atoms with Crippen LogP contribution in [0.15, 0.2) is 27.7 Å². The van der Waals surface area contributed by atoms with Gasteiger partial charge in [-0.15, -0.1) is 24.0 Å². The number of nitrogens with one attached hydrogen (secondary N) is 2. The second kappa shape index (κ2) is 10.1. The van der Waals surface area contributed by atoms with Crippen molar-refractivity contribution in [3.8, 4) is 0 Å². The molecule has 1 saturated carbocycles. The summed E-state index contributed by atoms with van der Waals surface area (Å²) in [6.07, 6.45) is 4.18. The van der Waals surface area contributed by atoms with Gasteiger partial charge in [0.1, 0.15) is 0 Å². The number of guanidine groups is 1. The van der Waals surface area contributed by atoms with Crippen molar-refractivity contribution in [2.75, 3.05) is 18.4 Å². The van der Waals surface area contributed by atoms with Gasteiger partial charge in [-0.2, -0.15) is 0 Å². The van der Waals surface area contributed by atoms with Gasteiger partial charge in [-0.25, -0.2) is 0 Å². The van der Waals surface area contributed by atoms with Crippen molar-refractivity contribution in [1.82, 2.24) is 5.32 Å². The molecular weight excluding hydrogens is 471 g/mol. The Morgan fingerprint density at radius 1 is 1.43 bits per heavy atom. The van der Waals surface area contributed by atoms with Gasteiger partial charge in [0.15, 0.2) is 5.96 Å². The second-order valence-electron chi connectivity index (χ2n) is 5.71. The fraction of sp³-hybridized carbons (Fsp3) is 0.500. The molecule has 0 radical (unpaired) electrons. The lowest BCUT2D eigenvalue weighted by molar-refractivity contribution is -0.116. The zero-order valence-corrected chi connectivity index (χ0v) is 17.2. The second-order valence-corrected chi connectivity index (χ2v) is 6.62. The monoisotopic (exact) mass is 494 g/mol. The summed E-state index contributed by atoms with van der Waals surface area (Å²) in [5.41, 5.74) is 7.64. The number of hydrogen-bond donors (Lipinski definition) is 3. The molecule has 1 aliphatic rings. The highest BCUT2D eigenvalue weighted by Crippen LogP contribution is 2.26. The number of hydrogen-bond acceptors (Lipinski definition) is 2. The Labute approximate surface area is 163 Å². The van der Waals surface area contributed by atoms with E-state index in [1.807, 2.05) is 25.1 Å². The van der Waals surface area contributed by atoms with E-state index in [0.717, 1.165) is 22.3 Å². The molecule has 128 valence electrons. The van der Waals surface area contributed by atoms with E-state index in [1.165, 1.54) is 19.3 Å². The van der Waals surface area contributed by atoms with Crippen LogP contribution in [0.4, 0.5) is 5.69 Å². The Balaban J connectivity index is 0.00000264. The van der Waals surface area contributed by atoms with E-state index >= 15 is 0 Å². The molecule has 23 heavy (non-hydrogen) atoms. The number of rotatable bonds is 6. The Hall–Kier alpha value is -0.830. The van der Waals surface area contributed by atoms with Gasteiger partial charge in [-0.1, -0.05) is 22.4 Å². The van der Waals surface area contributed by atoms with Crippen LogP contribution >= 0.6 is 39.9 Å². The summed E-state index contributed by atoms with van der Waals surface area (Å²) in [5.74, 6) is 1.09. The van der Waals surface area contributed by atoms with Crippen LogP contribution in [0.3, 0.4) is 0 Å². The Kier molecular flexibility index (Phi) is 8.90. The molecule has 1 aromatic rings. The number of carbonyl (C=O) groups excluding carboxylic acids is 1. The predicted octanol–water partition coefficient (Wildman–Crippen LogP) is 3.41. The summed E-state index contributed by atoms with van der Waals surface area (Å²) in [6, 6.07) is 5.77. The van der Waals surface area contributed by atoms with Crippen LogP contribution in [0.2, 0.25) is 0 Å². The normalized spacial score (nSPS) is 14.6. The van der Waals surface area contributed by atoms with Gasteiger partial charge in [-0.05, 0) is 49.4 Å². The zero-order valence-electron chi connectivity index (χ0n) is 13.3. The van der Waals surface area contributed by atoms with Crippen LogP contribution in [0, 0.1) is 12.8 Å². The third-order valence-corrected chi connectivity index (χ3v) is 4.36. The first-order valence-corrected chi connectivity index (χ1v) is 8.43. The van der Waals surface area contributed by atoms with Crippen LogP contribution < -0.4 is 16.4 Å². The maximum absolute atomic E-state index is 11.9. The SMILES string of the molecule is Cc1cc(Br)ccc1NC(=O)CCNC(N)=NCC1CCC1.I. The summed E-state index contributed by atoms with van der Waals surface area (Å²) >= 11 is 3.40. The summed E-state index contributed by atoms with van der Waals surface area (Å²) in [7, 11) is 0. The van der Waals surface area contributed by atoms with E-state index in [-0.39, 0.29) is 29.9 Å². The number of carbonyl (C=O) groups is 1. The Morgan fingerprint density at radius 3 is 2.78 bits per heavy atom. The average Bonchev–Trinajstić information content (AvgIpc) is 2.40. The molecule has 5 nitrogen and oxygen atoms in total. The standard InChI is InChI=1S/C16H23BrN4O.HI/c1-11-9-13(17)5-6-14(11)21-15(22)7-8-19-16(18)20-10-12-3-2-4-12;/h5-6,9,12H,2-4,7-8,10H2,1H3,(H,21,22)(H3,18,19,20);1H. The number of benzene rings is 1. The lowest BCUT2D eigenvalue weighted by Gasteiger charge is -2.23. The number of amides is 1. The van der Waals surface area contributed by atoms with Crippen LogP contribution in [-0.4, -0.2) is 25.0 Å². The molecular formula is C16H24BrIN4O. The van der Waals surface area contributed by atoms with E-state index in [9.17, 15) is 4.79 Å². The number of aliphatic imine (C=N–C) groups is 1. The van der Waals surface area contributed by atoms with Gasteiger partial charge < -0.3 is 16.4 Å². The zero-order chi connectivity index (χ0) is 15.9. The van der Waals surface area contributed by atoms with Crippen LogP contribution in [0.5, 0.6) is 0 Å². The minimum Gasteiger partial charge on any atom is -0.370 e. The van der Waals surface area contributed by atoms with Crippen molar-refractivity contribution in [1.29, 1.82) is 0 Å². The Bertz CT molecular complexity index is 561. The largest absolute Gasteiger partial charge is 0.370 e. The van der Waals surface area contributed by atoms with Crippen LogP contribution in [0.25, 0.3) is 0 Å². The van der Waals surface area contributed by atoms with E-state index in [2.05, 4.69) is 31.6 Å². The highest BCUT2D eigenvalue weighted by molar-refractivity contribution is 14.0. The van der Waals surface area contributed by atoms with Crippen molar-refractivity contribution in [3.63, 3.8) is 0 Å². The molecule has 7 heteroatoms. The molecule has 0 bridgehead atoms. The molecule has 0 heterocycles. The van der Waals surface area contributed by atoms with E-state index in [1.54, 1.807) is 0 Å². The van der Waals surface area contributed by atoms with Gasteiger partial charge in [0.25, 0.3) is 0 Å². The number of nitrogens with two attached hydrogens (primary N) is 1. The fourth-order valence-corrected chi connectivity index (χ4v) is 2.72. The molecule has 1 fully saturated rings. The van der Waals surface area contributed by atoms with Crippen molar-refractivity contribution in [2.24, 2.45) is 16.6 Å². The summed E-state index contributed by atoms with van der Waals surface area (Å²) in [6.45, 7) is 3.24. The molecule has 1 aromatic carbocycles. The average molecular weight is 495 g/mol. The van der Waals surface area contributed by atoms with E-state index in [0.29, 0.717) is 24.8 Å². The van der Waals surface area contributed by atoms with Gasteiger partial charge >= 0.3 is 0 Å². The summed E-state index contributed by atoms with van der Waals surface area (Å²) < 4.78 is 1.00. The first kappa shape index (κ1) is 20.2. The lowest BCUT2D eigenvalue weighted by atomic mass is 9.86. The molecule has 0 saturated heterocycles. The van der Waals surface area contributed by atoms with Crippen molar-refractivity contribution >= 4 is 57.5 Å². The van der Waals surface area contributed by atoms with Crippen molar-refractivity contribution < 1.29 is 4.79 Å². The topological polar surface area (TPSA) is 79.5 Å². The third kappa shape index (κ3) is 7.07. The number of nitrogens with zero attached hydrogens (tertiary/aromatic N) is 1. The molecule has 1 amide bonds. The van der Waals surface area contributed by atoms with Gasteiger partial charge in [0.05, 0.1) is 0 Å². The number of halogens is 2. The maximum Gasteiger partial charge on any atom is 0.226 e. The maximum atomic E-state index is 11.9.